The van der Waals surface area contributed by atoms with Crippen molar-refractivity contribution in [1.29, 1.82) is 0 Å². The predicted molar refractivity (Wildman–Crippen MR) is 86.7 cm³/mol. The van der Waals surface area contributed by atoms with Crippen molar-refractivity contribution in [2.75, 3.05) is 13.1 Å². The fourth-order valence-electron chi connectivity index (χ4n) is 2.48. The Kier molecular flexibility index (Phi) is 5.47. The number of halogens is 1. The van der Waals surface area contributed by atoms with Crippen LogP contribution in [0.4, 0.5) is 0 Å². The van der Waals surface area contributed by atoms with E-state index in [0.717, 1.165) is 19.3 Å². The minimum atomic E-state index is -3.64. The molecule has 1 aliphatic rings. The third-order valence-corrected chi connectivity index (χ3v) is 5.50. The van der Waals surface area contributed by atoms with Gasteiger partial charge in [-0.05, 0) is 51.3 Å². The number of benzene rings is 1. The van der Waals surface area contributed by atoms with Gasteiger partial charge in [-0.1, -0.05) is 11.6 Å². The molecule has 22 heavy (non-hydrogen) atoms. The van der Waals surface area contributed by atoms with Gasteiger partial charge in [-0.15, -0.1) is 0 Å². The third kappa shape index (κ3) is 4.00. The highest BCUT2D eigenvalue weighted by molar-refractivity contribution is 7.89. The number of nitrogens with one attached hydrogen (secondary N) is 1. The smallest absolute Gasteiger partial charge is 0.255 e. The van der Waals surface area contributed by atoms with Gasteiger partial charge in [0.15, 0.2) is 0 Å². The molecule has 0 bridgehead atoms. The maximum Gasteiger partial charge on any atom is 0.255 e. The molecule has 5 nitrogen and oxygen atoms in total. The molecule has 122 valence electrons. The van der Waals surface area contributed by atoms with E-state index >= 15 is 0 Å². The second-order valence-electron chi connectivity index (χ2n) is 5.77. The Balaban J connectivity index is 2.32. The fourth-order valence-corrected chi connectivity index (χ4v) is 3.96. The van der Waals surface area contributed by atoms with E-state index in [4.69, 9.17) is 11.6 Å². The number of likely N-dealkylation sites (tertiary alicyclic amines) is 1. The Bertz CT molecular complexity index is 653. The zero-order valence-electron chi connectivity index (χ0n) is 12.8. The van der Waals surface area contributed by atoms with E-state index < -0.39 is 10.0 Å². The van der Waals surface area contributed by atoms with Crippen molar-refractivity contribution in [3.05, 3.63) is 28.8 Å². The molecule has 7 heteroatoms. The van der Waals surface area contributed by atoms with Crippen molar-refractivity contribution in [3.8, 4) is 0 Å². The van der Waals surface area contributed by atoms with Crippen LogP contribution in [0.2, 0.25) is 5.02 Å². The van der Waals surface area contributed by atoms with Gasteiger partial charge in [-0.2, -0.15) is 0 Å². The monoisotopic (exact) mass is 344 g/mol. The van der Waals surface area contributed by atoms with Crippen LogP contribution in [-0.2, 0) is 10.0 Å². The van der Waals surface area contributed by atoms with Gasteiger partial charge >= 0.3 is 0 Å². The number of amides is 1. The first-order valence-corrected chi connectivity index (χ1v) is 9.28. The van der Waals surface area contributed by atoms with Crippen molar-refractivity contribution in [2.45, 2.75) is 44.0 Å². The van der Waals surface area contributed by atoms with E-state index in [1.54, 1.807) is 18.7 Å². The molecule has 0 radical (unpaired) electrons. The van der Waals surface area contributed by atoms with Crippen molar-refractivity contribution < 1.29 is 13.2 Å². The lowest BCUT2D eigenvalue weighted by atomic mass is 10.1. The largest absolute Gasteiger partial charge is 0.339 e. The lowest BCUT2D eigenvalue weighted by Gasteiger charge is -2.27. The molecular formula is C15H21ClN2O3S. The Morgan fingerprint density at radius 1 is 1.23 bits per heavy atom. The molecule has 1 amide bonds. The maximum atomic E-state index is 12.5. The summed E-state index contributed by atoms with van der Waals surface area (Å²) in [5.74, 6) is -0.203. The minimum absolute atomic E-state index is 0.0611. The quantitative estimate of drug-likeness (QED) is 0.913. The van der Waals surface area contributed by atoms with Crippen LogP contribution >= 0.6 is 11.6 Å². The molecule has 1 aromatic carbocycles. The number of carbonyl (C=O) groups excluding carboxylic acids is 1. The van der Waals surface area contributed by atoms with Crippen molar-refractivity contribution in [2.24, 2.45) is 0 Å². The minimum Gasteiger partial charge on any atom is -0.339 e. The lowest BCUT2D eigenvalue weighted by Crippen LogP contribution is -2.36. The molecule has 0 unspecified atom stereocenters. The number of hydrogen-bond acceptors (Lipinski definition) is 3. The van der Waals surface area contributed by atoms with Crippen molar-refractivity contribution >= 4 is 27.5 Å². The molecule has 1 aromatic rings. The number of piperidine rings is 1. The topological polar surface area (TPSA) is 66.5 Å². The molecule has 0 aliphatic carbocycles. The highest BCUT2D eigenvalue weighted by Gasteiger charge is 2.23. The van der Waals surface area contributed by atoms with Crippen LogP contribution in [0, 0.1) is 0 Å². The molecule has 0 aromatic heterocycles. The first-order chi connectivity index (χ1) is 10.3. The molecule has 1 N–H and O–H groups in total. The zero-order valence-corrected chi connectivity index (χ0v) is 14.4. The first-order valence-electron chi connectivity index (χ1n) is 7.42. The summed E-state index contributed by atoms with van der Waals surface area (Å²) in [5.41, 5.74) is 0.246. The maximum absolute atomic E-state index is 12.5. The Morgan fingerprint density at radius 3 is 2.45 bits per heavy atom. The second kappa shape index (κ2) is 6.98. The third-order valence-electron chi connectivity index (χ3n) is 3.51. The number of hydrogen-bond donors (Lipinski definition) is 1. The summed E-state index contributed by atoms with van der Waals surface area (Å²) in [7, 11) is -3.64. The van der Waals surface area contributed by atoms with Gasteiger partial charge in [-0.3, -0.25) is 4.79 Å². The Morgan fingerprint density at radius 2 is 1.86 bits per heavy atom. The summed E-state index contributed by atoms with van der Waals surface area (Å²) in [6.45, 7) is 4.87. The van der Waals surface area contributed by atoms with E-state index in [1.165, 1.54) is 18.2 Å². The van der Waals surface area contributed by atoms with Gasteiger partial charge in [0.05, 0.1) is 15.5 Å². The first kappa shape index (κ1) is 17.2. The summed E-state index contributed by atoms with van der Waals surface area (Å²) in [4.78, 5) is 14.3. The van der Waals surface area contributed by atoms with E-state index in [1.807, 2.05) is 0 Å². The summed E-state index contributed by atoms with van der Waals surface area (Å²) in [5, 5.41) is 0.277. The van der Waals surface area contributed by atoms with Crippen LogP contribution in [0.25, 0.3) is 0 Å². The van der Waals surface area contributed by atoms with E-state index in [0.29, 0.717) is 13.1 Å². The summed E-state index contributed by atoms with van der Waals surface area (Å²) >= 11 is 6.10. The lowest BCUT2D eigenvalue weighted by molar-refractivity contribution is 0.0724. The van der Waals surface area contributed by atoms with E-state index in [9.17, 15) is 13.2 Å². The van der Waals surface area contributed by atoms with Crippen LogP contribution in [0.1, 0.15) is 43.5 Å². The van der Waals surface area contributed by atoms with Crippen LogP contribution in [0.3, 0.4) is 0 Å². The molecule has 1 fully saturated rings. The van der Waals surface area contributed by atoms with Crippen molar-refractivity contribution in [1.82, 2.24) is 9.62 Å². The number of nitrogens with zero attached hydrogens (tertiary/aromatic N) is 1. The highest BCUT2D eigenvalue weighted by atomic mass is 35.5. The molecule has 2 rings (SSSR count). The molecule has 1 aliphatic heterocycles. The van der Waals surface area contributed by atoms with E-state index in [2.05, 4.69) is 4.72 Å². The van der Waals surface area contributed by atoms with Gasteiger partial charge in [0.2, 0.25) is 10.0 Å². The van der Waals surface area contributed by atoms with Gasteiger partial charge in [-0.25, -0.2) is 13.1 Å². The summed E-state index contributed by atoms with van der Waals surface area (Å²) in [6.07, 6.45) is 3.05. The Hall–Kier alpha value is -1.11. The van der Waals surface area contributed by atoms with Gasteiger partial charge in [0.1, 0.15) is 0 Å². The Labute approximate surface area is 136 Å². The highest BCUT2D eigenvalue weighted by Crippen LogP contribution is 2.23. The fraction of sp³-hybridized carbons (Fsp3) is 0.533. The molecule has 0 atom stereocenters. The van der Waals surface area contributed by atoms with Gasteiger partial charge in [0.25, 0.3) is 5.91 Å². The second-order valence-corrected chi connectivity index (χ2v) is 7.89. The number of sulfonamides is 1. The summed E-state index contributed by atoms with van der Waals surface area (Å²) in [6, 6.07) is 4.03. The van der Waals surface area contributed by atoms with Gasteiger partial charge < -0.3 is 4.90 Å². The van der Waals surface area contributed by atoms with Crippen LogP contribution in [0.15, 0.2) is 23.1 Å². The number of carbonyl (C=O) groups is 1. The zero-order chi connectivity index (χ0) is 16.3. The SMILES string of the molecule is CC(C)NS(=O)(=O)c1ccc(Cl)c(C(=O)N2CCCCC2)c1. The summed E-state index contributed by atoms with van der Waals surface area (Å²) < 4.78 is 27.0. The van der Waals surface area contributed by atoms with E-state index in [-0.39, 0.29) is 27.4 Å². The van der Waals surface area contributed by atoms with Gasteiger partial charge in [0, 0.05) is 19.1 Å². The molecule has 0 saturated carbocycles. The van der Waals surface area contributed by atoms with Crippen molar-refractivity contribution in [3.63, 3.8) is 0 Å². The predicted octanol–water partition coefficient (Wildman–Crippen LogP) is 2.65. The number of rotatable bonds is 4. The molecule has 0 spiro atoms. The van der Waals surface area contributed by atoms with Crippen LogP contribution in [0.5, 0.6) is 0 Å². The van der Waals surface area contributed by atoms with Crippen LogP contribution in [-0.4, -0.2) is 38.4 Å². The molecule has 1 saturated heterocycles. The average Bonchev–Trinajstić information content (AvgIpc) is 2.46. The molecular weight excluding hydrogens is 324 g/mol. The van der Waals surface area contributed by atoms with Crippen LogP contribution < -0.4 is 4.72 Å². The molecule has 1 heterocycles. The standard InChI is InChI=1S/C15H21ClN2O3S/c1-11(2)17-22(20,21)12-6-7-14(16)13(10-12)15(19)18-8-4-3-5-9-18/h6-7,10-11,17H,3-5,8-9H2,1-2H3. The average molecular weight is 345 g/mol. The normalized spacial score (nSPS) is 16.1.